The maximum absolute atomic E-state index is 12.6. The first kappa shape index (κ1) is 8.90. The standard InChI is InChI=1S/C5H7BF2O3/c6-4-5(7,8)3(10)2(1-9)11-4/h2-4,9-10H,1H2. The van der Waals surface area contributed by atoms with Gasteiger partial charge in [-0.3, -0.25) is 0 Å². The minimum Gasteiger partial charge on any atom is -0.394 e. The van der Waals surface area contributed by atoms with Crippen LogP contribution in [-0.2, 0) is 4.74 Å². The first-order valence-electron chi connectivity index (χ1n) is 3.08. The van der Waals surface area contributed by atoms with E-state index < -0.39 is 30.7 Å². The fourth-order valence-electron chi connectivity index (χ4n) is 0.912. The molecule has 2 N–H and O–H groups in total. The van der Waals surface area contributed by atoms with Crippen molar-refractivity contribution in [2.45, 2.75) is 24.1 Å². The van der Waals surface area contributed by atoms with E-state index in [-0.39, 0.29) is 0 Å². The van der Waals surface area contributed by atoms with Gasteiger partial charge in [0.15, 0.2) is 0 Å². The highest BCUT2D eigenvalue weighted by Crippen LogP contribution is 2.34. The summed E-state index contributed by atoms with van der Waals surface area (Å²) in [5, 5.41) is 17.2. The zero-order chi connectivity index (χ0) is 8.65. The minimum atomic E-state index is -3.46. The van der Waals surface area contributed by atoms with Crippen LogP contribution in [0.15, 0.2) is 0 Å². The fraction of sp³-hybridized carbons (Fsp3) is 1.00. The van der Waals surface area contributed by atoms with E-state index in [4.69, 9.17) is 18.1 Å². The van der Waals surface area contributed by atoms with Crippen molar-refractivity contribution in [1.82, 2.24) is 0 Å². The largest absolute Gasteiger partial charge is 0.394 e. The summed E-state index contributed by atoms with van der Waals surface area (Å²) in [6, 6.07) is -1.82. The van der Waals surface area contributed by atoms with E-state index in [0.29, 0.717) is 0 Å². The predicted molar refractivity (Wildman–Crippen MR) is 32.5 cm³/mol. The maximum Gasteiger partial charge on any atom is 0.293 e. The molecule has 3 unspecified atom stereocenters. The Hall–Kier alpha value is -0.195. The maximum atomic E-state index is 12.6. The molecule has 0 amide bonds. The van der Waals surface area contributed by atoms with E-state index >= 15 is 0 Å². The average molecular weight is 164 g/mol. The van der Waals surface area contributed by atoms with Gasteiger partial charge in [-0.15, -0.1) is 0 Å². The van der Waals surface area contributed by atoms with Crippen LogP contribution < -0.4 is 0 Å². The Labute approximate surface area is 63.4 Å². The van der Waals surface area contributed by atoms with Crippen LogP contribution in [0.25, 0.3) is 0 Å². The number of aliphatic hydroxyl groups excluding tert-OH is 2. The molecule has 0 spiro atoms. The molecule has 62 valence electrons. The van der Waals surface area contributed by atoms with Crippen LogP contribution in [0.3, 0.4) is 0 Å². The molecule has 1 aliphatic rings. The summed E-state index contributed by atoms with van der Waals surface area (Å²) in [5.41, 5.74) is 0. The quantitative estimate of drug-likeness (QED) is 0.482. The van der Waals surface area contributed by atoms with Crippen LogP contribution in [0.4, 0.5) is 8.78 Å². The molecule has 1 saturated heterocycles. The molecule has 0 aliphatic carbocycles. The number of halogens is 2. The molecule has 1 fully saturated rings. The molecule has 0 aromatic heterocycles. The third-order valence-electron chi connectivity index (χ3n) is 1.63. The van der Waals surface area contributed by atoms with Crippen LogP contribution in [0, 0.1) is 0 Å². The summed E-state index contributed by atoms with van der Waals surface area (Å²) in [4.78, 5) is 0. The number of hydrogen-bond acceptors (Lipinski definition) is 3. The van der Waals surface area contributed by atoms with E-state index in [9.17, 15) is 8.78 Å². The Morgan fingerprint density at radius 1 is 1.55 bits per heavy atom. The van der Waals surface area contributed by atoms with Gasteiger partial charge in [0.05, 0.1) is 12.6 Å². The highest BCUT2D eigenvalue weighted by molar-refractivity contribution is 6.12. The zero-order valence-electron chi connectivity index (χ0n) is 5.58. The lowest BCUT2D eigenvalue weighted by Crippen LogP contribution is -2.40. The molecule has 1 aliphatic heterocycles. The van der Waals surface area contributed by atoms with Crippen LogP contribution in [0.2, 0.25) is 0 Å². The molecule has 1 heterocycles. The lowest BCUT2D eigenvalue weighted by atomic mass is 9.92. The topological polar surface area (TPSA) is 49.7 Å². The van der Waals surface area contributed by atoms with Gasteiger partial charge in [-0.05, 0) is 0 Å². The molecule has 2 radical (unpaired) electrons. The van der Waals surface area contributed by atoms with Crippen molar-refractivity contribution in [2.24, 2.45) is 0 Å². The van der Waals surface area contributed by atoms with Crippen molar-refractivity contribution in [2.75, 3.05) is 6.61 Å². The van der Waals surface area contributed by atoms with Gasteiger partial charge < -0.3 is 14.9 Å². The first-order chi connectivity index (χ1) is 5.00. The van der Waals surface area contributed by atoms with Crippen LogP contribution >= 0.6 is 0 Å². The Balaban J connectivity index is 2.71. The summed E-state index contributed by atoms with van der Waals surface area (Å²) in [6.45, 7) is -0.662. The van der Waals surface area contributed by atoms with Crippen molar-refractivity contribution >= 4 is 7.85 Å². The summed E-state index contributed by atoms with van der Waals surface area (Å²) in [7, 11) is 4.83. The van der Waals surface area contributed by atoms with Crippen molar-refractivity contribution < 1.29 is 23.7 Å². The van der Waals surface area contributed by atoms with E-state index in [1.807, 2.05) is 0 Å². The molecule has 3 nitrogen and oxygen atoms in total. The average Bonchev–Trinajstić information content (AvgIpc) is 2.14. The molecular formula is C5H7BF2O3. The smallest absolute Gasteiger partial charge is 0.293 e. The second-order valence-electron chi connectivity index (χ2n) is 2.40. The minimum absolute atomic E-state index is 0.662. The third-order valence-corrected chi connectivity index (χ3v) is 1.63. The van der Waals surface area contributed by atoms with Gasteiger partial charge in [0.1, 0.15) is 20.1 Å². The third kappa shape index (κ3) is 1.26. The molecule has 0 aromatic carbocycles. The summed E-state index contributed by atoms with van der Waals surface area (Å²) < 4.78 is 29.5. The van der Waals surface area contributed by atoms with E-state index in [1.54, 1.807) is 0 Å². The number of rotatable bonds is 1. The number of alkyl halides is 2. The highest BCUT2D eigenvalue weighted by atomic mass is 19.3. The van der Waals surface area contributed by atoms with Crippen LogP contribution in [0.1, 0.15) is 0 Å². The fourth-order valence-corrected chi connectivity index (χ4v) is 0.912. The van der Waals surface area contributed by atoms with E-state index in [2.05, 4.69) is 4.74 Å². The number of aliphatic hydroxyl groups is 2. The van der Waals surface area contributed by atoms with Crippen molar-refractivity contribution in [3.63, 3.8) is 0 Å². The second kappa shape index (κ2) is 2.69. The van der Waals surface area contributed by atoms with Gasteiger partial charge in [-0.1, -0.05) is 0 Å². The molecule has 0 saturated carbocycles. The molecular weight excluding hydrogens is 157 g/mol. The van der Waals surface area contributed by atoms with Crippen LogP contribution in [0.5, 0.6) is 0 Å². The van der Waals surface area contributed by atoms with Gasteiger partial charge in [0.25, 0.3) is 5.92 Å². The van der Waals surface area contributed by atoms with Gasteiger partial charge in [0, 0.05) is 0 Å². The summed E-state index contributed by atoms with van der Waals surface area (Å²) in [5.74, 6) is -3.46. The second-order valence-corrected chi connectivity index (χ2v) is 2.40. The molecule has 3 atom stereocenters. The molecule has 1 rings (SSSR count). The lowest BCUT2D eigenvalue weighted by molar-refractivity contribution is -0.0917. The summed E-state index contributed by atoms with van der Waals surface area (Å²) >= 11 is 0. The summed E-state index contributed by atoms with van der Waals surface area (Å²) in [6.07, 6.45) is -3.29. The zero-order valence-corrected chi connectivity index (χ0v) is 5.58. The number of hydrogen-bond donors (Lipinski definition) is 2. The molecule has 0 aromatic rings. The number of ether oxygens (including phenoxy) is 1. The van der Waals surface area contributed by atoms with Crippen LogP contribution in [-0.4, -0.2) is 48.8 Å². The predicted octanol–water partition coefficient (Wildman–Crippen LogP) is -1.13. The van der Waals surface area contributed by atoms with Crippen molar-refractivity contribution in [1.29, 1.82) is 0 Å². The molecule has 0 bridgehead atoms. The Kier molecular flexibility index (Phi) is 2.18. The lowest BCUT2D eigenvalue weighted by Gasteiger charge is -2.16. The highest BCUT2D eigenvalue weighted by Gasteiger charge is 2.55. The van der Waals surface area contributed by atoms with Gasteiger partial charge in [0.2, 0.25) is 0 Å². The van der Waals surface area contributed by atoms with Gasteiger partial charge >= 0.3 is 0 Å². The van der Waals surface area contributed by atoms with E-state index in [1.165, 1.54) is 0 Å². The SMILES string of the molecule is [B]C1OC(CO)C(O)C1(F)F. The molecule has 6 heteroatoms. The Bertz CT molecular complexity index is 155. The van der Waals surface area contributed by atoms with E-state index in [0.717, 1.165) is 0 Å². The monoisotopic (exact) mass is 164 g/mol. The Morgan fingerprint density at radius 2 is 2.09 bits per heavy atom. The van der Waals surface area contributed by atoms with Gasteiger partial charge in [-0.2, -0.15) is 0 Å². The van der Waals surface area contributed by atoms with Gasteiger partial charge in [-0.25, -0.2) is 8.78 Å². The first-order valence-corrected chi connectivity index (χ1v) is 3.08. The molecule has 11 heavy (non-hydrogen) atoms. The van der Waals surface area contributed by atoms with Crippen molar-refractivity contribution in [3.05, 3.63) is 0 Å². The normalized spacial score (nSPS) is 42.7. The Morgan fingerprint density at radius 3 is 2.27 bits per heavy atom. The van der Waals surface area contributed by atoms with Crippen molar-refractivity contribution in [3.8, 4) is 0 Å².